The lowest BCUT2D eigenvalue weighted by Gasteiger charge is -2.26. The minimum atomic E-state index is -0.621. The quantitative estimate of drug-likeness (QED) is 0.422. The SMILES string of the molecule is Cn1c(=O)c2nc(-c3ccc(OCCN4CCCCC4)cc3)nnc2n(-c2ccc(F)cc2)c1=O. The van der Waals surface area contributed by atoms with Gasteiger partial charge in [0.25, 0.3) is 5.56 Å². The van der Waals surface area contributed by atoms with Crippen LogP contribution in [0.3, 0.4) is 0 Å². The summed E-state index contributed by atoms with van der Waals surface area (Å²) in [6.45, 7) is 3.77. The number of aromatic nitrogens is 5. The first-order chi connectivity index (χ1) is 17.0. The van der Waals surface area contributed by atoms with Crippen LogP contribution in [0, 0.1) is 5.82 Å². The van der Waals surface area contributed by atoms with Crippen molar-refractivity contribution >= 4 is 11.2 Å². The third-order valence-electron chi connectivity index (χ3n) is 6.19. The number of benzene rings is 2. The van der Waals surface area contributed by atoms with Gasteiger partial charge in [-0.05, 0) is 74.5 Å². The Morgan fingerprint density at radius 2 is 1.66 bits per heavy atom. The highest BCUT2D eigenvalue weighted by Crippen LogP contribution is 2.20. The third kappa shape index (κ3) is 4.69. The number of halogens is 1. The molecular formula is C25H25FN6O3. The van der Waals surface area contributed by atoms with Crippen LogP contribution in [-0.2, 0) is 7.05 Å². The molecule has 0 spiro atoms. The van der Waals surface area contributed by atoms with Crippen LogP contribution in [0.4, 0.5) is 4.39 Å². The zero-order valence-electron chi connectivity index (χ0n) is 19.4. The van der Waals surface area contributed by atoms with Crippen molar-refractivity contribution in [3.05, 3.63) is 75.2 Å². The Hall–Kier alpha value is -3.92. The highest BCUT2D eigenvalue weighted by molar-refractivity contribution is 5.73. The standard InChI is InChI=1S/C25H25FN6O3/c1-30-24(33)21-23(32(25(30)34)19-9-7-18(26)8-10-19)29-28-22(27-21)17-5-11-20(12-6-17)35-16-15-31-13-3-2-4-14-31/h5-12H,2-4,13-16H2,1H3. The van der Waals surface area contributed by atoms with Gasteiger partial charge in [0, 0.05) is 19.2 Å². The molecule has 0 N–H and O–H groups in total. The Balaban J connectivity index is 1.42. The summed E-state index contributed by atoms with van der Waals surface area (Å²) in [5.74, 6) is 0.542. The molecular weight excluding hydrogens is 451 g/mol. The van der Waals surface area contributed by atoms with E-state index in [-0.39, 0.29) is 17.0 Å². The second-order valence-electron chi connectivity index (χ2n) is 8.54. The lowest BCUT2D eigenvalue weighted by atomic mass is 10.1. The van der Waals surface area contributed by atoms with Crippen molar-refractivity contribution < 1.29 is 9.13 Å². The van der Waals surface area contributed by atoms with E-state index >= 15 is 0 Å². The van der Waals surface area contributed by atoms with Gasteiger partial charge >= 0.3 is 5.69 Å². The maximum atomic E-state index is 13.4. The highest BCUT2D eigenvalue weighted by Gasteiger charge is 2.17. The van der Waals surface area contributed by atoms with Crippen molar-refractivity contribution in [2.24, 2.45) is 7.05 Å². The molecule has 0 unspecified atom stereocenters. The average Bonchev–Trinajstić information content (AvgIpc) is 2.89. The molecule has 4 aromatic rings. The molecule has 2 aromatic heterocycles. The number of nitrogens with zero attached hydrogens (tertiary/aromatic N) is 6. The van der Waals surface area contributed by atoms with Gasteiger partial charge in [-0.1, -0.05) is 6.42 Å². The molecule has 3 heterocycles. The molecule has 180 valence electrons. The van der Waals surface area contributed by atoms with E-state index in [1.165, 1.54) is 55.1 Å². The van der Waals surface area contributed by atoms with Crippen molar-refractivity contribution in [2.45, 2.75) is 19.3 Å². The fraction of sp³-hybridized carbons (Fsp3) is 0.320. The zero-order chi connectivity index (χ0) is 24.4. The molecule has 10 heteroatoms. The molecule has 9 nitrogen and oxygen atoms in total. The van der Waals surface area contributed by atoms with Gasteiger partial charge in [-0.15, -0.1) is 10.2 Å². The molecule has 5 rings (SSSR count). The van der Waals surface area contributed by atoms with E-state index in [1.807, 2.05) is 12.1 Å². The smallest absolute Gasteiger partial charge is 0.337 e. The molecule has 35 heavy (non-hydrogen) atoms. The molecule has 0 aliphatic carbocycles. The van der Waals surface area contributed by atoms with Crippen LogP contribution >= 0.6 is 0 Å². The van der Waals surface area contributed by atoms with Crippen molar-refractivity contribution in [1.82, 2.24) is 29.2 Å². The van der Waals surface area contributed by atoms with E-state index in [0.29, 0.717) is 17.9 Å². The Labute approximate surface area is 200 Å². The first-order valence-electron chi connectivity index (χ1n) is 11.6. The zero-order valence-corrected chi connectivity index (χ0v) is 19.4. The number of ether oxygens (including phenoxy) is 1. The fourth-order valence-electron chi connectivity index (χ4n) is 4.22. The van der Waals surface area contributed by atoms with Crippen molar-refractivity contribution in [3.63, 3.8) is 0 Å². The van der Waals surface area contributed by atoms with Gasteiger partial charge < -0.3 is 4.74 Å². The van der Waals surface area contributed by atoms with Gasteiger partial charge in [-0.25, -0.2) is 18.7 Å². The lowest BCUT2D eigenvalue weighted by Crippen LogP contribution is -2.38. The van der Waals surface area contributed by atoms with Crippen LogP contribution in [0.2, 0.25) is 0 Å². The minimum Gasteiger partial charge on any atom is -0.492 e. The summed E-state index contributed by atoms with van der Waals surface area (Å²) < 4.78 is 21.4. The monoisotopic (exact) mass is 476 g/mol. The fourth-order valence-corrected chi connectivity index (χ4v) is 4.22. The summed E-state index contributed by atoms with van der Waals surface area (Å²) in [6, 6.07) is 12.6. The van der Waals surface area contributed by atoms with E-state index in [4.69, 9.17) is 4.74 Å². The Morgan fingerprint density at radius 1 is 0.943 bits per heavy atom. The normalized spacial score (nSPS) is 14.3. The van der Waals surface area contributed by atoms with E-state index in [0.717, 1.165) is 30.0 Å². The Kier molecular flexibility index (Phi) is 6.37. The summed E-state index contributed by atoms with van der Waals surface area (Å²) in [5.41, 5.74) is -0.202. The van der Waals surface area contributed by atoms with Gasteiger partial charge in [-0.2, -0.15) is 0 Å². The molecule has 0 atom stereocenters. The van der Waals surface area contributed by atoms with Crippen LogP contribution in [0.25, 0.3) is 28.2 Å². The highest BCUT2D eigenvalue weighted by atomic mass is 19.1. The van der Waals surface area contributed by atoms with E-state index in [2.05, 4.69) is 20.1 Å². The topological polar surface area (TPSA) is 95.1 Å². The van der Waals surface area contributed by atoms with Crippen LogP contribution < -0.4 is 16.0 Å². The third-order valence-corrected chi connectivity index (χ3v) is 6.19. The maximum Gasteiger partial charge on any atom is 0.337 e. The summed E-state index contributed by atoms with van der Waals surface area (Å²) >= 11 is 0. The number of fused-ring (bicyclic) bond motifs is 1. The molecule has 1 fully saturated rings. The summed E-state index contributed by atoms with van der Waals surface area (Å²) in [4.78, 5) is 32.4. The van der Waals surface area contributed by atoms with Gasteiger partial charge in [-0.3, -0.25) is 14.3 Å². The van der Waals surface area contributed by atoms with E-state index < -0.39 is 17.1 Å². The largest absolute Gasteiger partial charge is 0.492 e. The number of hydrogen-bond acceptors (Lipinski definition) is 7. The summed E-state index contributed by atoms with van der Waals surface area (Å²) in [5, 5.41) is 8.30. The minimum absolute atomic E-state index is 0.00567. The Bertz CT molecular complexity index is 1460. The molecule has 1 aliphatic rings. The molecule has 0 bridgehead atoms. The number of likely N-dealkylation sites (tertiary alicyclic amines) is 1. The number of hydrogen-bond donors (Lipinski definition) is 0. The summed E-state index contributed by atoms with van der Waals surface area (Å²) in [7, 11) is 1.36. The molecule has 1 aliphatic heterocycles. The first-order valence-corrected chi connectivity index (χ1v) is 11.6. The predicted molar refractivity (Wildman–Crippen MR) is 129 cm³/mol. The number of rotatable bonds is 6. The Morgan fingerprint density at radius 3 is 2.37 bits per heavy atom. The number of piperidine rings is 1. The molecule has 0 saturated carbocycles. The van der Waals surface area contributed by atoms with Crippen LogP contribution in [0.15, 0.2) is 58.1 Å². The van der Waals surface area contributed by atoms with Crippen molar-refractivity contribution in [2.75, 3.05) is 26.2 Å². The van der Waals surface area contributed by atoms with Gasteiger partial charge in [0.15, 0.2) is 17.0 Å². The van der Waals surface area contributed by atoms with E-state index in [1.54, 1.807) is 12.1 Å². The van der Waals surface area contributed by atoms with Gasteiger partial charge in [0.2, 0.25) is 0 Å². The van der Waals surface area contributed by atoms with E-state index in [9.17, 15) is 14.0 Å². The second kappa shape index (κ2) is 9.75. The van der Waals surface area contributed by atoms with Crippen molar-refractivity contribution in [1.29, 1.82) is 0 Å². The first kappa shape index (κ1) is 22.9. The predicted octanol–water partition coefficient (Wildman–Crippen LogP) is 2.55. The second-order valence-corrected chi connectivity index (χ2v) is 8.54. The molecule has 0 amide bonds. The van der Waals surface area contributed by atoms with Crippen LogP contribution in [0.5, 0.6) is 5.75 Å². The van der Waals surface area contributed by atoms with Gasteiger partial charge in [0.1, 0.15) is 18.2 Å². The van der Waals surface area contributed by atoms with Crippen LogP contribution in [-0.4, -0.2) is 55.5 Å². The van der Waals surface area contributed by atoms with Gasteiger partial charge in [0.05, 0.1) is 5.69 Å². The molecule has 0 radical (unpaired) electrons. The maximum absolute atomic E-state index is 13.4. The molecule has 2 aromatic carbocycles. The average molecular weight is 477 g/mol. The van der Waals surface area contributed by atoms with Crippen LogP contribution in [0.1, 0.15) is 19.3 Å². The molecule has 1 saturated heterocycles. The summed E-state index contributed by atoms with van der Waals surface area (Å²) in [6.07, 6.45) is 3.80. The van der Waals surface area contributed by atoms with Crippen molar-refractivity contribution in [3.8, 4) is 22.8 Å². The lowest BCUT2D eigenvalue weighted by molar-refractivity contribution is 0.183.